The number of phenols is 2. The smallest absolute Gasteiger partial charge is 0.405 e. The molecular formula is C68H104Cl3N7O20. The number of carbonyl (C=O) groups excluding carboxylic acids is 8. The summed E-state index contributed by atoms with van der Waals surface area (Å²) in [6.45, 7) is 24.3. The number of aliphatic hydroxyl groups excluding tert-OH is 2. The lowest BCUT2D eigenvalue weighted by Gasteiger charge is -2.29. The number of aromatic hydroxyl groups is 2. The molecule has 4 bridgehead atoms. The molecule has 0 unspecified atom stereocenters. The minimum atomic E-state index is -1.12. The third-order valence-electron chi connectivity index (χ3n) is 15.4. The van der Waals surface area contributed by atoms with Crippen LogP contribution in [0.25, 0.3) is 0 Å². The van der Waals surface area contributed by atoms with Gasteiger partial charge in [0.1, 0.15) is 29.5 Å². The van der Waals surface area contributed by atoms with E-state index in [-0.39, 0.29) is 82.9 Å². The molecule has 30 heteroatoms. The number of nitrogens with one attached hydrogen (secondary N) is 2. The van der Waals surface area contributed by atoms with Gasteiger partial charge in [-0.1, -0.05) is 82.9 Å². The number of halogens is 3. The largest absolute Gasteiger partial charge is 1.00 e. The molecule has 0 aromatic heterocycles. The molecule has 27 nitrogen and oxygen atoms in total. The normalized spacial score (nSPS) is 27.6. The summed E-state index contributed by atoms with van der Waals surface area (Å²) < 4.78 is 38.4. The first-order chi connectivity index (χ1) is 44.6. The van der Waals surface area contributed by atoms with Crippen molar-refractivity contribution in [3.8, 4) is 11.5 Å². The standard InChI is InChI=1S/C31H45N3O8.C29H40N2O9.C4H8ClNO.C4H9NO2.2ClH/c1-8-12-33-26-21-13-17(2)14-25(41-7)27(36)19(4)15-20(5)29(42-31(32)39)24(40-6)11-9-10-18(3)30(38)34-22(28(21)37)16-23(26)35;1-15-11-19-25(34)20(14-21(32)27(19)39-7)31-28(35)16(2)9-8-10-22(37-5)26(40-29(30)36)18(4)13-17(3)24(33)23(12-15)38-6;1-4(2,6)3(5)7;1-4(2,5)3(6)7;;/h8-11,15-17,19,24-25,27,29,33,35-37H,1,12-14H2,2-7H3,(H2,32,39)(H,34,38);8-10,13-15,17,22-24,26,33H,11-12H2,1-7H3,(H2,30,36)(H,31,35);6H2,1-2H3;5H2,1-2H3,(H,6,7);2*1H/b11-9-,18-10+,20-15+;10-8-,16-9+,18-13+;;;;/t17-,19+,24+,25+,27-,29+;15-,17+,22+,23+,24-,26+;;;;/m11..../s1. The molecular weight excluding hydrogens is 1340 g/mol. The summed E-state index contributed by atoms with van der Waals surface area (Å²) in [5.74, 6) is -4.79. The number of methoxy groups -OCH3 is 5. The van der Waals surface area contributed by atoms with Gasteiger partial charge in [0.25, 0.3) is 11.8 Å². The second-order valence-corrected chi connectivity index (χ2v) is 25.3. The van der Waals surface area contributed by atoms with Gasteiger partial charge in [-0.2, -0.15) is 0 Å². The van der Waals surface area contributed by atoms with Crippen molar-refractivity contribution in [1.82, 2.24) is 5.32 Å². The zero-order valence-electron chi connectivity index (χ0n) is 59.0. The van der Waals surface area contributed by atoms with E-state index >= 15 is 0 Å². The number of primary amides is 2. The molecule has 4 amide bonds. The number of fused-ring (bicyclic) bond motifs is 4. The molecule has 98 heavy (non-hydrogen) atoms. The zero-order valence-corrected chi connectivity index (χ0v) is 61.4. The fraction of sp³-hybridized carbons (Fsp3) is 0.529. The fourth-order valence-corrected chi connectivity index (χ4v) is 9.84. The lowest BCUT2D eigenvalue weighted by Crippen LogP contribution is -3.00. The highest BCUT2D eigenvalue weighted by Crippen LogP contribution is 2.41. The molecule has 1 aromatic carbocycles. The van der Waals surface area contributed by atoms with E-state index in [4.69, 9.17) is 62.0 Å². The number of carboxylic acid groups (broad SMARTS) is 1. The molecule has 17 N–H and O–H groups in total. The van der Waals surface area contributed by atoms with E-state index in [0.29, 0.717) is 53.8 Å². The van der Waals surface area contributed by atoms with Crippen LogP contribution in [0.2, 0.25) is 0 Å². The van der Waals surface area contributed by atoms with Crippen molar-refractivity contribution in [1.29, 1.82) is 0 Å². The number of benzene rings is 1. The van der Waals surface area contributed by atoms with Crippen LogP contribution in [-0.4, -0.2) is 169 Å². The van der Waals surface area contributed by atoms with Crippen molar-refractivity contribution in [3.05, 3.63) is 118 Å². The lowest BCUT2D eigenvalue weighted by molar-refractivity contribution is -0.562. The Balaban J connectivity index is 0. The van der Waals surface area contributed by atoms with Crippen LogP contribution < -0.4 is 56.4 Å². The maximum atomic E-state index is 13.3. The number of anilines is 1. The van der Waals surface area contributed by atoms with E-state index < -0.39 is 119 Å². The number of ketones is 2. The number of amides is 4. The van der Waals surface area contributed by atoms with Crippen LogP contribution in [-0.2, 0) is 68.3 Å². The summed E-state index contributed by atoms with van der Waals surface area (Å²) in [5, 5.41) is 60.8. The summed E-state index contributed by atoms with van der Waals surface area (Å²) in [6, 6.07) is 1.31. The van der Waals surface area contributed by atoms with Crippen molar-refractivity contribution in [2.45, 2.75) is 169 Å². The molecule has 0 spiro atoms. The Bertz CT molecular complexity index is 3140. The first-order valence-electron chi connectivity index (χ1n) is 30.8. The number of allylic oxidation sites excluding steroid dienone is 6. The van der Waals surface area contributed by atoms with E-state index in [1.54, 1.807) is 89.4 Å². The summed E-state index contributed by atoms with van der Waals surface area (Å²) >= 11 is 4.99. The second kappa shape index (κ2) is 44.0. The van der Waals surface area contributed by atoms with E-state index in [2.05, 4.69) is 22.9 Å². The summed E-state index contributed by atoms with van der Waals surface area (Å²) in [7, 11) is 7.18. The van der Waals surface area contributed by atoms with Gasteiger partial charge in [-0.25, -0.2) is 9.59 Å². The molecule has 4 rings (SSSR count). The number of hydrogen-bond acceptors (Lipinski definition) is 21. The molecule has 0 fully saturated rings. The number of ether oxygens (including phenoxy) is 7. The van der Waals surface area contributed by atoms with Crippen molar-refractivity contribution >= 4 is 82.2 Å². The molecule has 1 aliphatic carbocycles. The number of Topliss-reactive ketones (excluding diaryl/α,β-unsaturated/α-hetero) is 1. The van der Waals surface area contributed by atoms with Crippen molar-refractivity contribution in [2.24, 2.45) is 40.9 Å². The minimum absolute atomic E-state index is 0. The van der Waals surface area contributed by atoms with Crippen molar-refractivity contribution in [2.75, 3.05) is 47.4 Å². The SMILES string of the molecule is C=CC[NH2+]c1c(O)cc2c(O)c1C[C@@H](C)C[C@H](OC)[C@H](O)[C@@H](C)/C=C(\C)[C@H](OC(N)=O)[C@@H](OC)/C=C\C=C(/C)C(=O)N2.CC(C)(N)C(=O)Cl.CC(C)([NH3+])C(=O)[O-].COC1=C2C[C@@H](C)C[C@H](OC)[C@H](O)[C@@H](C)/C=C(\C)[C@H](OC(N)=O)[C@@H](OC)/C=C\C=C(/C)C(=O)NC(=CC1=O)C2=O.Cl.[Cl-]. The Hall–Kier alpha value is -7.25. The molecule has 0 saturated heterocycles. The third-order valence-corrected chi connectivity index (χ3v) is 15.9. The predicted octanol–water partition coefficient (Wildman–Crippen LogP) is 1.02. The third kappa shape index (κ3) is 30.1. The zero-order chi connectivity index (χ0) is 73.9. The van der Waals surface area contributed by atoms with Crippen LogP contribution in [0.15, 0.2) is 113 Å². The minimum Gasteiger partial charge on any atom is -1.00 e. The second-order valence-electron chi connectivity index (χ2n) is 25.0. The number of aliphatic carboxylic acids is 1. The van der Waals surface area contributed by atoms with Gasteiger partial charge in [0.2, 0.25) is 16.8 Å². The van der Waals surface area contributed by atoms with Crippen LogP contribution in [0.3, 0.4) is 0 Å². The summed E-state index contributed by atoms with van der Waals surface area (Å²) in [5.41, 5.74) is 20.0. The number of rotatable bonds is 12. The Labute approximate surface area is 592 Å². The fourth-order valence-electron chi connectivity index (χ4n) is 9.84. The van der Waals surface area contributed by atoms with Crippen LogP contribution >= 0.6 is 24.0 Å². The van der Waals surface area contributed by atoms with E-state index in [9.17, 15) is 63.9 Å². The van der Waals surface area contributed by atoms with Gasteiger partial charge in [0.15, 0.2) is 29.4 Å². The molecule has 0 radical (unpaired) electrons. The Morgan fingerprint density at radius 3 is 1.52 bits per heavy atom. The molecule has 1 aromatic rings. The average Bonchev–Trinajstić information content (AvgIpc) is 0.851. The van der Waals surface area contributed by atoms with Crippen LogP contribution in [0.1, 0.15) is 108 Å². The first-order valence-corrected chi connectivity index (χ1v) is 31.2. The summed E-state index contributed by atoms with van der Waals surface area (Å²) in [4.78, 5) is 95.3. The maximum Gasteiger partial charge on any atom is 0.405 e. The molecule has 552 valence electrons. The topological polar surface area (TPSA) is 452 Å². The number of quaternary nitrogens is 2. The van der Waals surface area contributed by atoms with Gasteiger partial charge in [0, 0.05) is 69.1 Å². The van der Waals surface area contributed by atoms with Gasteiger partial charge < -0.3 is 115 Å². The van der Waals surface area contributed by atoms with Crippen LogP contribution in [0.5, 0.6) is 11.5 Å². The highest BCUT2D eigenvalue weighted by atomic mass is 35.5. The predicted molar refractivity (Wildman–Crippen MR) is 365 cm³/mol. The van der Waals surface area contributed by atoms with Gasteiger partial charge in [-0.05, 0) is 122 Å². The van der Waals surface area contributed by atoms with Gasteiger partial charge in [-0.3, -0.25) is 24.0 Å². The quantitative estimate of drug-likeness (QED) is 0.0347. The Morgan fingerprint density at radius 2 is 1.16 bits per heavy atom. The van der Waals surface area contributed by atoms with Crippen molar-refractivity contribution < 1.29 is 121 Å². The van der Waals surface area contributed by atoms with Gasteiger partial charge >= 0.3 is 12.2 Å². The van der Waals surface area contributed by atoms with Gasteiger partial charge in [0.05, 0.1) is 60.6 Å². The molecule has 2 aliphatic heterocycles. The van der Waals surface area contributed by atoms with Crippen molar-refractivity contribution in [3.63, 3.8) is 0 Å². The monoisotopic (exact) mass is 1440 g/mol. The Morgan fingerprint density at radius 1 is 0.755 bits per heavy atom. The number of hydrogen-bond donors (Lipinski definition) is 11. The number of phenolic OH excluding ortho intramolecular Hbond substituents is 2. The number of aliphatic hydroxyl groups is 2. The van der Waals surface area contributed by atoms with E-state index in [0.717, 1.165) is 6.08 Å². The van der Waals surface area contributed by atoms with Gasteiger partial charge in [-0.15, -0.1) is 12.4 Å². The van der Waals surface area contributed by atoms with Crippen LogP contribution in [0, 0.1) is 23.7 Å². The first kappa shape index (κ1) is 92.8. The Kier molecular flexibility index (Phi) is 41.7. The maximum absolute atomic E-state index is 13.3. The molecule has 12 atom stereocenters. The number of carboxylic acids is 1. The lowest BCUT2D eigenvalue weighted by atomic mass is 9.85. The molecule has 0 saturated carbocycles. The number of carbonyl (C=O) groups is 8. The molecule has 3 aliphatic rings. The van der Waals surface area contributed by atoms with E-state index in [1.807, 2.05) is 20.8 Å². The molecule has 2 heterocycles. The van der Waals surface area contributed by atoms with Crippen LogP contribution in [0.4, 0.5) is 21.0 Å². The number of nitrogens with two attached hydrogens (primary N) is 4. The highest BCUT2D eigenvalue weighted by molar-refractivity contribution is 6.65. The summed E-state index contributed by atoms with van der Waals surface area (Å²) in [6.07, 6.45) is 8.40. The highest BCUT2D eigenvalue weighted by Gasteiger charge is 2.36. The van der Waals surface area contributed by atoms with E-state index in [1.165, 1.54) is 74.5 Å². The average molecular weight is 1450 g/mol.